The van der Waals surface area contributed by atoms with Gasteiger partial charge in [0.1, 0.15) is 0 Å². The second-order valence-electron chi connectivity index (χ2n) is 4.80. The van der Waals surface area contributed by atoms with Crippen LogP contribution in [0.15, 0.2) is 42.5 Å². The van der Waals surface area contributed by atoms with E-state index in [1.807, 2.05) is 0 Å². The predicted octanol–water partition coefficient (Wildman–Crippen LogP) is 3.20. The summed E-state index contributed by atoms with van der Waals surface area (Å²) in [5.41, 5.74) is -3.01. The lowest BCUT2D eigenvalue weighted by molar-refractivity contribution is -0.159. The molecule has 2 rings (SSSR count). The number of benzene rings is 1. The molecule has 116 valence electrons. The zero-order valence-corrected chi connectivity index (χ0v) is 11.1. The molecule has 0 bridgehead atoms. The van der Waals surface area contributed by atoms with Crippen molar-refractivity contribution in [2.45, 2.75) is 12.6 Å². The number of hydrogen-bond donors (Lipinski definition) is 2. The van der Waals surface area contributed by atoms with E-state index in [0.29, 0.717) is 0 Å². The van der Waals surface area contributed by atoms with Crippen LogP contribution in [0.3, 0.4) is 0 Å². The number of carboxylic acid groups (broad SMARTS) is 2. The van der Waals surface area contributed by atoms with Gasteiger partial charge in [-0.1, -0.05) is 30.4 Å². The molecule has 22 heavy (non-hydrogen) atoms. The Morgan fingerprint density at radius 1 is 1.05 bits per heavy atom. The lowest BCUT2D eigenvalue weighted by atomic mass is 9.72. The molecule has 0 spiro atoms. The van der Waals surface area contributed by atoms with Crippen LogP contribution in [0.1, 0.15) is 17.5 Å². The fourth-order valence-corrected chi connectivity index (χ4v) is 2.34. The molecule has 0 heterocycles. The first-order chi connectivity index (χ1) is 10.2. The first-order valence-electron chi connectivity index (χ1n) is 6.21. The van der Waals surface area contributed by atoms with Crippen LogP contribution < -0.4 is 0 Å². The van der Waals surface area contributed by atoms with E-state index in [4.69, 9.17) is 0 Å². The Bertz CT molecular complexity index is 655. The highest BCUT2D eigenvalue weighted by Crippen LogP contribution is 2.42. The van der Waals surface area contributed by atoms with Crippen LogP contribution in [-0.4, -0.2) is 22.2 Å². The fourth-order valence-electron chi connectivity index (χ4n) is 2.34. The van der Waals surface area contributed by atoms with Crippen LogP contribution in [0.5, 0.6) is 0 Å². The topological polar surface area (TPSA) is 74.6 Å². The Morgan fingerprint density at radius 3 is 2.05 bits per heavy atom. The number of carboxylic acids is 2. The number of alkyl halides is 3. The minimum Gasteiger partial charge on any atom is -0.480 e. The molecule has 1 aliphatic carbocycles. The third-order valence-corrected chi connectivity index (χ3v) is 3.54. The molecule has 0 saturated heterocycles. The third kappa shape index (κ3) is 2.49. The highest BCUT2D eigenvalue weighted by atomic mass is 19.4. The van der Waals surface area contributed by atoms with E-state index in [-0.39, 0.29) is 17.6 Å². The molecule has 4 nitrogen and oxygen atoms in total. The first kappa shape index (κ1) is 15.8. The molecule has 0 unspecified atom stereocenters. The Balaban J connectivity index is 2.53. The molecule has 7 heteroatoms. The van der Waals surface area contributed by atoms with Crippen LogP contribution in [0, 0.1) is 5.41 Å². The van der Waals surface area contributed by atoms with Gasteiger partial charge < -0.3 is 10.2 Å². The van der Waals surface area contributed by atoms with E-state index in [9.17, 15) is 33.0 Å². The maximum atomic E-state index is 12.6. The SMILES string of the molecule is O=C(O)C1(C(=O)O)CC=CC=C1c1ccc(C(F)(F)F)cc1. The van der Waals surface area contributed by atoms with Crippen LogP contribution in [0.4, 0.5) is 13.2 Å². The second kappa shape index (κ2) is 5.32. The van der Waals surface area contributed by atoms with Crippen LogP contribution >= 0.6 is 0 Å². The summed E-state index contributed by atoms with van der Waals surface area (Å²) >= 11 is 0. The molecule has 0 aromatic heterocycles. The molecule has 0 amide bonds. The second-order valence-corrected chi connectivity index (χ2v) is 4.80. The molecule has 0 radical (unpaired) electrons. The van der Waals surface area contributed by atoms with E-state index >= 15 is 0 Å². The van der Waals surface area contributed by atoms with Crippen LogP contribution in [0.25, 0.3) is 5.57 Å². The van der Waals surface area contributed by atoms with Gasteiger partial charge in [0.2, 0.25) is 0 Å². The minimum absolute atomic E-state index is 0.0521. The maximum absolute atomic E-state index is 12.6. The standard InChI is InChI=1S/C15H11F3O4/c16-15(17,18)10-6-4-9(5-7-10)11-3-1-2-8-14(11,12(19)20)13(21)22/h1-7H,8H2,(H,19,20)(H,21,22). The Labute approximate surface area is 123 Å². The molecule has 0 aliphatic heterocycles. The lowest BCUT2D eigenvalue weighted by Crippen LogP contribution is -2.40. The van der Waals surface area contributed by atoms with Gasteiger partial charge in [-0.05, 0) is 29.7 Å². The molecule has 1 aliphatic rings. The fraction of sp³-hybridized carbons (Fsp3) is 0.200. The monoisotopic (exact) mass is 312 g/mol. The van der Waals surface area contributed by atoms with Crippen molar-refractivity contribution in [3.8, 4) is 0 Å². The van der Waals surface area contributed by atoms with E-state index in [2.05, 4.69) is 0 Å². The summed E-state index contributed by atoms with van der Waals surface area (Å²) in [6, 6.07) is 3.74. The zero-order valence-electron chi connectivity index (χ0n) is 11.1. The van der Waals surface area contributed by atoms with Crippen molar-refractivity contribution in [1.29, 1.82) is 0 Å². The summed E-state index contributed by atoms with van der Waals surface area (Å²) in [5, 5.41) is 18.7. The molecule has 2 N–H and O–H groups in total. The van der Waals surface area contributed by atoms with Gasteiger partial charge in [-0.3, -0.25) is 9.59 Å². The van der Waals surface area contributed by atoms with Crippen molar-refractivity contribution < 1.29 is 33.0 Å². The van der Waals surface area contributed by atoms with Crippen molar-refractivity contribution >= 4 is 17.5 Å². The zero-order chi connectivity index (χ0) is 16.5. The number of hydrogen-bond acceptors (Lipinski definition) is 2. The quantitative estimate of drug-likeness (QED) is 0.841. The van der Waals surface area contributed by atoms with E-state index in [0.717, 1.165) is 24.3 Å². The van der Waals surface area contributed by atoms with Gasteiger partial charge in [0.15, 0.2) is 5.41 Å². The summed E-state index contributed by atoms with van der Waals surface area (Å²) in [6.07, 6.45) is -0.609. The van der Waals surface area contributed by atoms with Crippen molar-refractivity contribution in [1.82, 2.24) is 0 Å². The predicted molar refractivity (Wildman–Crippen MR) is 70.9 cm³/mol. The molecule has 1 aromatic rings. The summed E-state index contributed by atoms with van der Waals surface area (Å²) in [5.74, 6) is -3.12. The highest BCUT2D eigenvalue weighted by Gasteiger charge is 2.50. The van der Waals surface area contributed by atoms with Crippen LogP contribution in [-0.2, 0) is 15.8 Å². The van der Waals surface area contributed by atoms with E-state index in [1.54, 1.807) is 0 Å². The number of aliphatic carboxylic acids is 2. The smallest absolute Gasteiger partial charge is 0.416 e. The molecule has 0 atom stereocenters. The normalized spacial score (nSPS) is 17.0. The molecular formula is C15H11F3O4. The first-order valence-corrected chi connectivity index (χ1v) is 6.21. The Morgan fingerprint density at radius 2 is 1.59 bits per heavy atom. The Kier molecular flexibility index (Phi) is 3.83. The van der Waals surface area contributed by atoms with Gasteiger partial charge >= 0.3 is 18.1 Å². The summed E-state index contributed by atoms with van der Waals surface area (Å²) in [7, 11) is 0. The molecule has 0 saturated carbocycles. The van der Waals surface area contributed by atoms with Gasteiger partial charge in [0.05, 0.1) is 5.56 Å². The average molecular weight is 312 g/mol. The van der Waals surface area contributed by atoms with E-state index in [1.165, 1.54) is 18.2 Å². The maximum Gasteiger partial charge on any atom is 0.416 e. The van der Waals surface area contributed by atoms with Gasteiger partial charge in [0, 0.05) is 0 Å². The summed E-state index contributed by atoms with van der Waals surface area (Å²) < 4.78 is 37.7. The largest absolute Gasteiger partial charge is 0.480 e. The van der Waals surface area contributed by atoms with Crippen molar-refractivity contribution in [3.05, 3.63) is 53.6 Å². The lowest BCUT2D eigenvalue weighted by Gasteiger charge is -2.29. The number of carbonyl (C=O) groups is 2. The van der Waals surface area contributed by atoms with Gasteiger partial charge in [-0.25, -0.2) is 0 Å². The summed E-state index contributed by atoms with van der Waals surface area (Å²) in [6.45, 7) is 0. The average Bonchev–Trinajstić information content (AvgIpc) is 2.46. The third-order valence-electron chi connectivity index (χ3n) is 3.54. The Hall–Kier alpha value is -2.57. The van der Waals surface area contributed by atoms with Gasteiger partial charge in [-0.2, -0.15) is 13.2 Å². The van der Waals surface area contributed by atoms with E-state index < -0.39 is 29.1 Å². The van der Waals surface area contributed by atoms with Crippen molar-refractivity contribution in [3.63, 3.8) is 0 Å². The molecule has 0 fully saturated rings. The van der Waals surface area contributed by atoms with Gasteiger partial charge in [-0.15, -0.1) is 0 Å². The van der Waals surface area contributed by atoms with Gasteiger partial charge in [0.25, 0.3) is 0 Å². The number of halogens is 3. The number of rotatable bonds is 3. The minimum atomic E-state index is -4.52. The van der Waals surface area contributed by atoms with Crippen molar-refractivity contribution in [2.24, 2.45) is 5.41 Å². The number of allylic oxidation sites excluding steroid dienone is 3. The van der Waals surface area contributed by atoms with Crippen molar-refractivity contribution in [2.75, 3.05) is 0 Å². The highest BCUT2D eigenvalue weighted by molar-refractivity contribution is 6.11. The van der Waals surface area contributed by atoms with Crippen LogP contribution in [0.2, 0.25) is 0 Å². The molecule has 1 aromatic carbocycles. The summed E-state index contributed by atoms with van der Waals surface area (Å²) in [4.78, 5) is 23.0. The molecular weight excluding hydrogens is 301 g/mol.